The average Bonchev–Trinajstić information content (AvgIpc) is 3.16. The lowest BCUT2D eigenvalue weighted by Gasteiger charge is -2.22. The molecule has 7 rings (SSSR count). The van der Waals surface area contributed by atoms with Gasteiger partial charge in [0.25, 0.3) is 5.91 Å². The molecule has 5 aromatic rings. The van der Waals surface area contributed by atoms with Gasteiger partial charge >= 0.3 is 0 Å². The van der Waals surface area contributed by atoms with Crippen molar-refractivity contribution in [1.82, 2.24) is 20.4 Å². The Morgan fingerprint density at radius 2 is 1.44 bits per heavy atom. The molecule has 0 saturated carbocycles. The molecule has 5 heterocycles. The van der Waals surface area contributed by atoms with Crippen LogP contribution in [-0.4, -0.2) is 53.3 Å². The summed E-state index contributed by atoms with van der Waals surface area (Å²) in [6.45, 7) is 2.14. The molecule has 246 valence electrons. The largest absolute Gasteiger partial charge is 0.353 e. The van der Waals surface area contributed by atoms with Gasteiger partial charge in [0.05, 0.1) is 29.1 Å². The smallest absolute Gasteiger partial charge is 0.275 e. The van der Waals surface area contributed by atoms with Crippen molar-refractivity contribution < 1.29 is 23.8 Å². The van der Waals surface area contributed by atoms with Crippen LogP contribution >= 0.6 is 0 Å². The van der Waals surface area contributed by atoms with Crippen molar-refractivity contribution in [2.75, 3.05) is 19.8 Å². The van der Waals surface area contributed by atoms with Gasteiger partial charge in [0.1, 0.15) is 0 Å². The molecule has 0 radical (unpaired) electrons. The van der Waals surface area contributed by atoms with Gasteiger partial charge in [-0.25, -0.2) is 15.3 Å². The van der Waals surface area contributed by atoms with Gasteiger partial charge in [-0.15, -0.1) is 0 Å². The van der Waals surface area contributed by atoms with E-state index < -0.39 is 6.29 Å². The topological polar surface area (TPSA) is 105 Å². The van der Waals surface area contributed by atoms with Crippen molar-refractivity contribution in [3.63, 3.8) is 0 Å². The SMILES string of the molecule is O=C(NOC1CCCCO1)c1cc(-c2ccc(-c3ccc(CCCOC4CCCCO4)cc3)cc2)nc2cc(-c3ccncc3)ncc12. The maximum absolute atomic E-state index is 13.5. The lowest BCUT2D eigenvalue weighted by Crippen LogP contribution is -2.33. The Morgan fingerprint density at radius 1 is 0.771 bits per heavy atom. The van der Waals surface area contributed by atoms with Crippen LogP contribution in [0.4, 0.5) is 0 Å². The molecule has 0 spiro atoms. The summed E-state index contributed by atoms with van der Waals surface area (Å²) in [6, 6.07) is 24.5. The van der Waals surface area contributed by atoms with E-state index in [1.165, 1.54) is 12.0 Å². The van der Waals surface area contributed by atoms with Crippen molar-refractivity contribution in [2.24, 2.45) is 0 Å². The second-order valence-electron chi connectivity index (χ2n) is 12.3. The van der Waals surface area contributed by atoms with Crippen molar-refractivity contribution in [3.8, 4) is 33.6 Å². The predicted octanol–water partition coefficient (Wildman–Crippen LogP) is 7.69. The van der Waals surface area contributed by atoms with Crippen LogP contribution in [0.1, 0.15) is 60.9 Å². The lowest BCUT2D eigenvalue weighted by molar-refractivity contribution is -0.186. The lowest BCUT2D eigenvalue weighted by atomic mass is 9.99. The molecule has 2 saturated heterocycles. The van der Waals surface area contributed by atoms with E-state index in [1.807, 2.05) is 30.3 Å². The zero-order chi connectivity index (χ0) is 32.5. The molecule has 1 N–H and O–H groups in total. The summed E-state index contributed by atoms with van der Waals surface area (Å²) in [6.07, 6.45) is 12.6. The molecule has 2 aromatic carbocycles. The Bertz CT molecular complexity index is 1800. The number of benzene rings is 2. The van der Waals surface area contributed by atoms with Crippen molar-refractivity contribution in [1.29, 1.82) is 0 Å². The van der Waals surface area contributed by atoms with E-state index in [2.05, 4.69) is 51.8 Å². The number of nitrogens with zero attached hydrogens (tertiary/aromatic N) is 3. The van der Waals surface area contributed by atoms with Gasteiger partial charge in [0, 0.05) is 54.7 Å². The number of hydrogen-bond donors (Lipinski definition) is 1. The summed E-state index contributed by atoms with van der Waals surface area (Å²) in [5, 5.41) is 0.632. The van der Waals surface area contributed by atoms with Crippen LogP contribution < -0.4 is 5.48 Å². The third kappa shape index (κ3) is 7.94. The Kier molecular flexibility index (Phi) is 10.4. The molecule has 3 aromatic heterocycles. The van der Waals surface area contributed by atoms with E-state index in [9.17, 15) is 4.79 Å². The fourth-order valence-corrected chi connectivity index (χ4v) is 6.15. The molecule has 9 nitrogen and oxygen atoms in total. The van der Waals surface area contributed by atoms with Gasteiger partial charge in [-0.05, 0) is 85.9 Å². The number of hydrogen-bond acceptors (Lipinski definition) is 8. The monoisotopic (exact) mass is 644 g/mol. The van der Waals surface area contributed by atoms with Crippen LogP contribution in [-0.2, 0) is 25.5 Å². The van der Waals surface area contributed by atoms with Crippen LogP contribution in [0, 0.1) is 0 Å². The number of carbonyl (C=O) groups excluding carboxylic acids is 1. The minimum absolute atomic E-state index is 0.0328. The van der Waals surface area contributed by atoms with Crippen LogP contribution in [0.25, 0.3) is 44.5 Å². The third-order valence-corrected chi connectivity index (χ3v) is 8.86. The van der Waals surface area contributed by atoms with Crippen LogP contribution in [0.2, 0.25) is 0 Å². The number of ether oxygens (including phenoxy) is 3. The second kappa shape index (κ2) is 15.6. The molecular weight excluding hydrogens is 604 g/mol. The van der Waals surface area contributed by atoms with Crippen LogP contribution in [0.15, 0.2) is 91.4 Å². The molecular formula is C39H40N4O5. The van der Waals surface area contributed by atoms with E-state index in [0.717, 1.165) is 79.5 Å². The summed E-state index contributed by atoms with van der Waals surface area (Å²) in [7, 11) is 0. The summed E-state index contributed by atoms with van der Waals surface area (Å²) in [5.41, 5.74) is 10.5. The fourth-order valence-electron chi connectivity index (χ4n) is 6.15. The number of aryl methyl sites for hydroxylation is 1. The molecule has 48 heavy (non-hydrogen) atoms. The number of nitrogens with one attached hydrogen (secondary N) is 1. The first-order valence-corrected chi connectivity index (χ1v) is 16.9. The number of pyridine rings is 3. The fraction of sp³-hybridized carbons (Fsp3) is 0.333. The van der Waals surface area contributed by atoms with Gasteiger partial charge in [-0.1, -0.05) is 48.5 Å². The van der Waals surface area contributed by atoms with E-state index in [-0.39, 0.29) is 12.2 Å². The summed E-state index contributed by atoms with van der Waals surface area (Å²) < 4.78 is 17.2. The van der Waals surface area contributed by atoms with E-state index >= 15 is 0 Å². The first-order chi connectivity index (χ1) is 23.7. The molecule has 2 atom stereocenters. The summed E-state index contributed by atoms with van der Waals surface area (Å²) in [5.74, 6) is -0.373. The number of amides is 1. The highest BCUT2D eigenvalue weighted by molar-refractivity contribution is 6.07. The highest BCUT2D eigenvalue weighted by Gasteiger charge is 2.20. The molecule has 2 unspecified atom stereocenters. The quantitative estimate of drug-likeness (QED) is 0.115. The first kappa shape index (κ1) is 32.0. The molecule has 9 heteroatoms. The van der Waals surface area contributed by atoms with Crippen molar-refractivity contribution >= 4 is 16.8 Å². The van der Waals surface area contributed by atoms with Crippen molar-refractivity contribution in [2.45, 2.75) is 63.9 Å². The van der Waals surface area contributed by atoms with E-state index in [1.54, 1.807) is 24.7 Å². The zero-order valence-electron chi connectivity index (χ0n) is 27.0. The summed E-state index contributed by atoms with van der Waals surface area (Å²) >= 11 is 0. The molecule has 2 fully saturated rings. The van der Waals surface area contributed by atoms with E-state index in [4.69, 9.17) is 24.0 Å². The van der Waals surface area contributed by atoms with Gasteiger partial charge < -0.3 is 14.2 Å². The number of rotatable bonds is 11. The molecule has 2 aliphatic heterocycles. The Balaban J connectivity index is 1.08. The van der Waals surface area contributed by atoms with Crippen molar-refractivity contribution in [3.05, 3.63) is 103 Å². The minimum Gasteiger partial charge on any atom is -0.353 e. The van der Waals surface area contributed by atoms with Crippen LogP contribution in [0.5, 0.6) is 0 Å². The number of fused-ring (bicyclic) bond motifs is 1. The highest BCUT2D eigenvalue weighted by atomic mass is 16.8. The Morgan fingerprint density at radius 3 is 2.15 bits per heavy atom. The van der Waals surface area contributed by atoms with Gasteiger partial charge in [0.15, 0.2) is 12.6 Å². The van der Waals surface area contributed by atoms with E-state index in [0.29, 0.717) is 35.4 Å². The normalized spacial score (nSPS) is 18.1. The maximum atomic E-state index is 13.5. The molecule has 0 bridgehead atoms. The molecule has 1 amide bonds. The van der Waals surface area contributed by atoms with Crippen LogP contribution in [0.3, 0.4) is 0 Å². The van der Waals surface area contributed by atoms with Gasteiger partial charge in [-0.3, -0.25) is 14.8 Å². The number of carbonyl (C=O) groups is 1. The second-order valence-corrected chi connectivity index (χ2v) is 12.3. The van der Waals surface area contributed by atoms with Gasteiger partial charge in [0.2, 0.25) is 0 Å². The number of hydroxylamine groups is 1. The third-order valence-electron chi connectivity index (χ3n) is 8.86. The molecule has 2 aliphatic rings. The highest BCUT2D eigenvalue weighted by Crippen LogP contribution is 2.30. The summed E-state index contributed by atoms with van der Waals surface area (Å²) in [4.78, 5) is 32.9. The first-order valence-electron chi connectivity index (χ1n) is 16.9. The minimum atomic E-state index is -0.455. The van der Waals surface area contributed by atoms with Gasteiger partial charge in [-0.2, -0.15) is 0 Å². The number of aromatic nitrogens is 3. The average molecular weight is 645 g/mol. The zero-order valence-corrected chi connectivity index (χ0v) is 27.0. The Labute approximate surface area is 280 Å². The Hall–Kier alpha value is -4.54. The standard InChI is InChI=1S/C39H40N4O5/c44-39(43-48-38-8-2-4-22-47-38)32-24-35(42-36-25-34(41-26-33(32)36)31-17-19-40-20-18-31)30-15-13-29(14-16-30)28-11-9-27(10-12-28)6-5-23-46-37-7-1-3-21-45-37/h9-20,24-26,37-38H,1-8,21-23H2,(H,43,44). The maximum Gasteiger partial charge on any atom is 0.275 e. The molecule has 0 aliphatic carbocycles. The predicted molar refractivity (Wildman–Crippen MR) is 184 cm³/mol.